The highest BCUT2D eigenvalue weighted by molar-refractivity contribution is 5.64. The van der Waals surface area contributed by atoms with E-state index in [-0.39, 0.29) is 36.4 Å². The summed E-state index contributed by atoms with van der Waals surface area (Å²) in [5.41, 5.74) is -9.18. The van der Waals surface area contributed by atoms with Crippen molar-refractivity contribution in [1.29, 1.82) is 0 Å². The van der Waals surface area contributed by atoms with Gasteiger partial charge in [-0.1, -0.05) is 0 Å². The zero-order valence-corrected chi connectivity index (χ0v) is 13.5. The molecule has 160 valence electrons. The average Bonchev–Trinajstić information content (AvgIpc) is 2.51. The lowest BCUT2D eigenvalue weighted by molar-refractivity contribution is -0.144. The predicted molar refractivity (Wildman–Crippen MR) is 76.2 cm³/mol. The molecule has 2 aromatic rings. The van der Waals surface area contributed by atoms with E-state index in [4.69, 9.17) is 0 Å². The number of benzene rings is 2. The van der Waals surface area contributed by atoms with Gasteiger partial charge in [-0.3, -0.25) is 0 Å². The molecule has 0 fully saturated rings. The number of halogens is 12. The van der Waals surface area contributed by atoms with Crippen LogP contribution < -0.4 is 5.32 Å². The molecule has 13 heteroatoms. The zero-order valence-electron chi connectivity index (χ0n) is 13.5. The largest absolute Gasteiger partial charge is 0.416 e. The Hall–Kier alpha value is -2.60. The molecule has 1 N–H and O–H groups in total. The predicted octanol–water partition coefficient (Wildman–Crippen LogP) is 7.51. The summed E-state index contributed by atoms with van der Waals surface area (Å²) < 4.78 is 154. The van der Waals surface area contributed by atoms with Crippen LogP contribution in [0.4, 0.5) is 64.1 Å². The number of rotatable bonds is 2. The van der Waals surface area contributed by atoms with E-state index in [0.717, 1.165) is 0 Å². The summed E-state index contributed by atoms with van der Waals surface area (Å²) in [6.45, 7) is 0. The molecule has 0 unspecified atom stereocenters. The van der Waals surface area contributed by atoms with Crippen molar-refractivity contribution in [3.63, 3.8) is 0 Å². The molecule has 0 amide bonds. The molecule has 0 aliphatic rings. The molecule has 0 saturated heterocycles. The maximum Gasteiger partial charge on any atom is 0.416 e. The summed E-state index contributed by atoms with van der Waals surface area (Å²) in [5, 5.41) is 1.75. The molecule has 2 rings (SSSR count). The van der Waals surface area contributed by atoms with Gasteiger partial charge in [-0.2, -0.15) is 52.7 Å². The molecule has 0 bridgehead atoms. The van der Waals surface area contributed by atoms with Gasteiger partial charge in [0.2, 0.25) is 0 Å². The molecule has 0 aliphatic carbocycles. The smallest absolute Gasteiger partial charge is 0.355 e. The van der Waals surface area contributed by atoms with Crippen LogP contribution in [0.15, 0.2) is 36.4 Å². The third-order valence-electron chi connectivity index (χ3n) is 3.46. The molecule has 1 nitrogen and oxygen atoms in total. The first-order valence-corrected chi connectivity index (χ1v) is 7.23. The van der Waals surface area contributed by atoms with E-state index in [9.17, 15) is 52.7 Å². The van der Waals surface area contributed by atoms with E-state index in [2.05, 4.69) is 0 Å². The van der Waals surface area contributed by atoms with Crippen molar-refractivity contribution in [3.05, 3.63) is 58.7 Å². The Labute approximate surface area is 153 Å². The Kier molecular flexibility index (Phi) is 5.49. The normalized spacial score (nSPS) is 13.5. The fraction of sp³-hybridized carbons (Fsp3) is 0.250. The summed E-state index contributed by atoms with van der Waals surface area (Å²) in [6, 6.07) is 0.0357. The molecular formula is C16H7F12N. The third kappa shape index (κ3) is 5.70. The average molecular weight is 441 g/mol. The maximum atomic E-state index is 12.8. The van der Waals surface area contributed by atoms with Crippen molar-refractivity contribution < 1.29 is 52.7 Å². The van der Waals surface area contributed by atoms with Crippen LogP contribution in [-0.2, 0) is 24.7 Å². The van der Waals surface area contributed by atoms with Crippen LogP contribution in [0.2, 0.25) is 0 Å². The minimum Gasteiger partial charge on any atom is -0.355 e. The monoisotopic (exact) mass is 441 g/mol. The molecule has 0 aromatic heterocycles. The van der Waals surface area contributed by atoms with Gasteiger partial charge in [-0.25, -0.2) is 0 Å². The highest BCUT2D eigenvalue weighted by Crippen LogP contribution is 2.40. The van der Waals surface area contributed by atoms with Gasteiger partial charge in [0.15, 0.2) is 0 Å². The topological polar surface area (TPSA) is 12.0 Å². The Balaban J connectivity index is 2.61. The first-order valence-electron chi connectivity index (χ1n) is 7.23. The fourth-order valence-electron chi connectivity index (χ4n) is 2.22. The van der Waals surface area contributed by atoms with Gasteiger partial charge in [0.05, 0.1) is 22.3 Å². The van der Waals surface area contributed by atoms with Gasteiger partial charge in [0.1, 0.15) is 0 Å². The Morgan fingerprint density at radius 3 is 0.759 bits per heavy atom. The fourth-order valence-corrected chi connectivity index (χ4v) is 2.22. The van der Waals surface area contributed by atoms with Gasteiger partial charge < -0.3 is 5.32 Å². The quantitative estimate of drug-likeness (QED) is 0.476. The van der Waals surface area contributed by atoms with E-state index >= 15 is 0 Å². The number of alkyl halides is 12. The molecule has 0 aliphatic heterocycles. The van der Waals surface area contributed by atoms with Crippen molar-refractivity contribution >= 4 is 11.4 Å². The lowest BCUT2D eigenvalue weighted by atomic mass is 10.1. The van der Waals surface area contributed by atoms with E-state index < -0.39 is 58.3 Å². The van der Waals surface area contributed by atoms with Crippen LogP contribution in [0.1, 0.15) is 22.3 Å². The van der Waals surface area contributed by atoms with Crippen molar-refractivity contribution in [1.82, 2.24) is 0 Å². The van der Waals surface area contributed by atoms with Gasteiger partial charge in [-0.05, 0) is 36.4 Å². The lowest BCUT2D eigenvalue weighted by Gasteiger charge is -2.17. The van der Waals surface area contributed by atoms with Crippen molar-refractivity contribution in [2.24, 2.45) is 0 Å². The van der Waals surface area contributed by atoms with Crippen LogP contribution in [0.5, 0.6) is 0 Å². The van der Waals surface area contributed by atoms with Gasteiger partial charge in [0, 0.05) is 11.4 Å². The maximum absolute atomic E-state index is 12.8. The van der Waals surface area contributed by atoms with Crippen LogP contribution >= 0.6 is 0 Å². The second-order valence-corrected chi connectivity index (χ2v) is 5.71. The lowest BCUT2D eigenvalue weighted by Crippen LogP contribution is -2.13. The molecule has 0 heterocycles. The SMILES string of the molecule is FC(F)(F)c1cc(Nc2cc(C(F)(F)F)cc(C(F)(F)F)c2)cc(C(F)(F)F)c1. The minimum atomic E-state index is -5.25. The summed E-state index contributed by atoms with van der Waals surface area (Å²) in [6.07, 6.45) is -21.0. The molecule has 0 spiro atoms. The second-order valence-electron chi connectivity index (χ2n) is 5.71. The van der Waals surface area contributed by atoms with Crippen LogP contribution in [0.25, 0.3) is 0 Å². The molecular weight excluding hydrogens is 434 g/mol. The first-order chi connectivity index (χ1) is 12.9. The Morgan fingerprint density at radius 2 is 0.586 bits per heavy atom. The van der Waals surface area contributed by atoms with Crippen LogP contribution in [0, 0.1) is 0 Å². The van der Waals surface area contributed by atoms with Crippen molar-refractivity contribution in [2.45, 2.75) is 24.7 Å². The Morgan fingerprint density at radius 1 is 0.379 bits per heavy atom. The highest BCUT2D eigenvalue weighted by Gasteiger charge is 2.38. The van der Waals surface area contributed by atoms with Crippen LogP contribution in [0.3, 0.4) is 0 Å². The number of hydrogen-bond acceptors (Lipinski definition) is 1. The standard InChI is InChI=1S/C16H7F12N/c17-13(18,19)7-1-8(14(20,21)22)4-11(3-7)29-12-5-9(15(23,24)25)2-10(6-12)16(26,27)28/h1-6,29H. The van der Waals surface area contributed by atoms with E-state index in [1.807, 2.05) is 0 Å². The third-order valence-corrected chi connectivity index (χ3v) is 3.46. The first kappa shape index (κ1) is 22.7. The number of hydrogen-bond donors (Lipinski definition) is 1. The van der Waals surface area contributed by atoms with Gasteiger partial charge in [0.25, 0.3) is 0 Å². The molecule has 0 saturated carbocycles. The molecule has 2 aromatic carbocycles. The van der Waals surface area contributed by atoms with E-state index in [1.165, 1.54) is 0 Å². The van der Waals surface area contributed by atoms with E-state index in [1.54, 1.807) is 5.32 Å². The van der Waals surface area contributed by atoms with Gasteiger partial charge >= 0.3 is 24.7 Å². The van der Waals surface area contributed by atoms with E-state index in [0.29, 0.717) is 0 Å². The zero-order chi connectivity index (χ0) is 22.4. The summed E-state index contributed by atoms with van der Waals surface area (Å²) >= 11 is 0. The second kappa shape index (κ2) is 7.02. The summed E-state index contributed by atoms with van der Waals surface area (Å²) in [4.78, 5) is 0. The number of anilines is 2. The summed E-state index contributed by atoms with van der Waals surface area (Å²) in [7, 11) is 0. The van der Waals surface area contributed by atoms with Gasteiger partial charge in [-0.15, -0.1) is 0 Å². The summed E-state index contributed by atoms with van der Waals surface area (Å²) in [5.74, 6) is 0. The minimum absolute atomic E-state index is 0.128. The number of nitrogens with one attached hydrogen (secondary N) is 1. The van der Waals surface area contributed by atoms with Crippen molar-refractivity contribution in [3.8, 4) is 0 Å². The van der Waals surface area contributed by atoms with Crippen molar-refractivity contribution in [2.75, 3.05) is 5.32 Å². The molecule has 0 radical (unpaired) electrons. The molecule has 0 atom stereocenters. The highest BCUT2D eigenvalue weighted by atomic mass is 19.4. The van der Waals surface area contributed by atoms with Crippen LogP contribution in [-0.4, -0.2) is 0 Å². The molecule has 29 heavy (non-hydrogen) atoms. The Bertz CT molecular complexity index is 749.